The third kappa shape index (κ3) is 10.1. The number of hydrazine groups is 1. The van der Waals surface area contributed by atoms with Crippen LogP contribution in [-0.2, 0) is 0 Å². The summed E-state index contributed by atoms with van der Waals surface area (Å²) in [5, 5.41) is 8.50. The van der Waals surface area contributed by atoms with Crippen molar-refractivity contribution in [2.75, 3.05) is 13.7 Å². The molecule has 0 saturated carbocycles. The van der Waals surface area contributed by atoms with Gasteiger partial charge in [0.25, 0.3) is 5.91 Å². The zero-order valence-corrected chi connectivity index (χ0v) is 14.6. The minimum Gasteiger partial charge on any atom is -0.489 e. The van der Waals surface area contributed by atoms with Gasteiger partial charge in [0.2, 0.25) is 0 Å². The molecule has 0 aliphatic carbocycles. The summed E-state index contributed by atoms with van der Waals surface area (Å²) in [5.74, 6) is 5.42. The molecule has 0 unspecified atom stereocenters. The Morgan fingerprint density at radius 3 is 2.57 bits per heavy atom. The van der Waals surface area contributed by atoms with Gasteiger partial charge in [0.15, 0.2) is 0 Å². The summed E-state index contributed by atoms with van der Waals surface area (Å²) in [6.07, 6.45) is 3.98. The van der Waals surface area contributed by atoms with Gasteiger partial charge in [-0.15, -0.1) is 0 Å². The molecule has 1 rings (SSSR count). The van der Waals surface area contributed by atoms with Gasteiger partial charge >= 0.3 is 0 Å². The fourth-order valence-corrected chi connectivity index (χ4v) is 1.70. The van der Waals surface area contributed by atoms with E-state index in [2.05, 4.69) is 24.4 Å². The molecule has 1 aromatic carbocycles. The summed E-state index contributed by atoms with van der Waals surface area (Å²) in [6.45, 7) is 9.12. The van der Waals surface area contributed by atoms with Crippen molar-refractivity contribution in [2.24, 2.45) is 5.84 Å². The van der Waals surface area contributed by atoms with Gasteiger partial charge in [-0.05, 0) is 43.1 Å². The summed E-state index contributed by atoms with van der Waals surface area (Å²) in [5.41, 5.74) is 3.76. The van der Waals surface area contributed by atoms with Gasteiger partial charge in [-0.1, -0.05) is 33.3 Å². The highest BCUT2D eigenvalue weighted by molar-refractivity contribution is 5.94. The number of carbonyl (C=O) groups excluding carboxylic acids is 1. The second-order valence-corrected chi connectivity index (χ2v) is 4.13. The molecule has 6 nitrogen and oxygen atoms in total. The first kappa shape index (κ1) is 22.9. The van der Waals surface area contributed by atoms with Crippen molar-refractivity contribution in [1.82, 2.24) is 10.7 Å². The van der Waals surface area contributed by atoms with E-state index in [1.165, 1.54) is 5.57 Å². The number of hydrogen-bond donors (Lipinski definition) is 4. The lowest BCUT2D eigenvalue weighted by Crippen LogP contribution is -2.29. The largest absolute Gasteiger partial charge is 0.489 e. The molecule has 0 heterocycles. The number of nitrogens with two attached hydrogens (primary N) is 1. The van der Waals surface area contributed by atoms with E-state index >= 15 is 0 Å². The van der Waals surface area contributed by atoms with Crippen LogP contribution in [0.4, 0.5) is 0 Å². The Morgan fingerprint density at radius 2 is 2.04 bits per heavy atom. The normalized spacial score (nSPS) is 9.52. The quantitative estimate of drug-likeness (QED) is 0.268. The predicted molar refractivity (Wildman–Crippen MR) is 96.8 cm³/mol. The summed E-state index contributed by atoms with van der Waals surface area (Å²) < 4.78 is 5.68. The van der Waals surface area contributed by atoms with E-state index in [1.807, 2.05) is 33.2 Å². The van der Waals surface area contributed by atoms with Crippen LogP contribution in [0.3, 0.4) is 0 Å². The second kappa shape index (κ2) is 16.0. The molecule has 0 saturated heterocycles. The van der Waals surface area contributed by atoms with Crippen LogP contribution in [-0.4, -0.2) is 26.3 Å². The topological polar surface area (TPSA) is 100 Å². The smallest absolute Gasteiger partial charge is 0.265 e. The Morgan fingerprint density at radius 1 is 1.39 bits per heavy atom. The fraction of sp³-hybridized carbons (Fsp3) is 0.412. The zero-order valence-electron chi connectivity index (χ0n) is 14.6. The van der Waals surface area contributed by atoms with Crippen LogP contribution in [0.5, 0.6) is 5.75 Å². The summed E-state index contributed by atoms with van der Waals surface area (Å²) in [6, 6.07) is 6.94. The Bertz CT molecular complexity index is 462. The molecular weight excluding hydrogens is 292 g/mol. The van der Waals surface area contributed by atoms with Gasteiger partial charge in [-0.2, -0.15) is 0 Å². The van der Waals surface area contributed by atoms with Crippen molar-refractivity contribution < 1.29 is 9.53 Å². The first-order valence-electron chi connectivity index (χ1n) is 7.65. The maximum absolute atomic E-state index is 11.4. The molecule has 0 spiro atoms. The lowest BCUT2D eigenvalue weighted by atomic mass is 10.2. The Balaban J connectivity index is 0. The molecule has 0 atom stereocenters. The van der Waals surface area contributed by atoms with Crippen LogP contribution in [0.1, 0.15) is 44.0 Å². The molecule has 0 fully saturated rings. The molecule has 0 aliphatic rings. The lowest BCUT2D eigenvalue weighted by molar-refractivity contribution is 0.0953. The molecule has 130 valence electrons. The summed E-state index contributed by atoms with van der Waals surface area (Å²) >= 11 is 0. The molecule has 0 radical (unpaired) electrons. The van der Waals surface area contributed by atoms with Gasteiger partial charge in [0.05, 0.1) is 0 Å². The number of ether oxygens (including phenoxy) is 1. The van der Waals surface area contributed by atoms with E-state index in [9.17, 15) is 4.79 Å². The first-order valence-corrected chi connectivity index (χ1v) is 7.65. The Hall–Kier alpha value is -2.34. The average Bonchev–Trinajstić information content (AvgIpc) is 2.63. The van der Waals surface area contributed by atoms with Crippen LogP contribution in [0.25, 0.3) is 0 Å². The summed E-state index contributed by atoms with van der Waals surface area (Å²) in [7, 11) is 1.86. The predicted octanol–water partition coefficient (Wildman–Crippen LogP) is 2.86. The van der Waals surface area contributed by atoms with E-state index in [1.54, 1.807) is 18.2 Å². The molecule has 0 aromatic heterocycles. The van der Waals surface area contributed by atoms with Crippen molar-refractivity contribution >= 4 is 12.6 Å². The third-order valence-electron chi connectivity index (χ3n) is 2.57. The maximum atomic E-state index is 11.4. The van der Waals surface area contributed by atoms with E-state index in [4.69, 9.17) is 16.0 Å². The van der Waals surface area contributed by atoms with Crippen molar-refractivity contribution in [3.05, 3.63) is 41.6 Å². The van der Waals surface area contributed by atoms with Crippen LogP contribution < -0.4 is 21.3 Å². The van der Waals surface area contributed by atoms with Gasteiger partial charge in [-0.25, -0.2) is 5.84 Å². The fourth-order valence-electron chi connectivity index (χ4n) is 1.70. The number of hydrogen-bond acceptors (Lipinski definition) is 5. The molecule has 1 amide bonds. The molecule has 0 aliphatic heterocycles. The number of rotatable bonds is 7. The monoisotopic (exact) mass is 322 g/mol. The highest BCUT2D eigenvalue weighted by Gasteiger charge is 2.05. The number of amides is 1. The van der Waals surface area contributed by atoms with E-state index in [0.717, 1.165) is 12.8 Å². The molecule has 5 N–H and O–H groups in total. The number of carbonyl (C=O) groups is 1. The minimum atomic E-state index is -0.329. The van der Waals surface area contributed by atoms with E-state index in [-0.39, 0.29) is 5.91 Å². The number of nitrogens with one attached hydrogen (secondary N) is 3. The van der Waals surface area contributed by atoms with Gasteiger partial charge in [-0.3, -0.25) is 10.2 Å². The number of nitrogen functional groups attached to an aromatic ring is 1. The Labute approximate surface area is 139 Å². The van der Waals surface area contributed by atoms with Gasteiger partial charge < -0.3 is 15.5 Å². The van der Waals surface area contributed by atoms with Crippen LogP contribution in [0.2, 0.25) is 0 Å². The third-order valence-corrected chi connectivity index (χ3v) is 2.57. The molecule has 23 heavy (non-hydrogen) atoms. The van der Waals surface area contributed by atoms with Crippen molar-refractivity contribution in [3.8, 4) is 5.75 Å². The second-order valence-electron chi connectivity index (χ2n) is 4.13. The molecule has 0 bridgehead atoms. The molecular formula is C17H30N4O2. The zero-order chi connectivity index (χ0) is 18.1. The minimum absolute atomic E-state index is 0.329. The van der Waals surface area contributed by atoms with Crippen LogP contribution >= 0.6 is 0 Å². The lowest BCUT2D eigenvalue weighted by Gasteiger charge is -2.10. The molecule has 6 heteroatoms. The van der Waals surface area contributed by atoms with Crippen LogP contribution in [0.15, 0.2) is 36.0 Å². The van der Waals surface area contributed by atoms with E-state index in [0.29, 0.717) is 17.9 Å². The highest BCUT2D eigenvalue weighted by atomic mass is 16.5. The average molecular weight is 322 g/mol. The van der Waals surface area contributed by atoms with Crippen molar-refractivity contribution in [2.45, 2.75) is 33.6 Å². The Kier molecular flexibility index (Phi) is 16.0. The van der Waals surface area contributed by atoms with E-state index < -0.39 is 0 Å². The standard InChI is InChI=1S/C14H21N3O2.C2H6.CH3N/c1-3-5-11(9-16-2)10-19-13-7-4-6-12(8-13)14(18)17-15;2*1-2/h4,6-9,16H,3,5,10,15H2,1-2H3,(H,17,18);1-2H3;2H,1H2/b11-9+;;. The highest BCUT2D eigenvalue weighted by Crippen LogP contribution is 2.15. The number of benzene rings is 1. The van der Waals surface area contributed by atoms with Crippen molar-refractivity contribution in [1.29, 1.82) is 5.41 Å². The summed E-state index contributed by atoms with van der Waals surface area (Å²) in [4.78, 5) is 11.4. The van der Waals surface area contributed by atoms with Crippen molar-refractivity contribution in [3.63, 3.8) is 0 Å². The maximum Gasteiger partial charge on any atom is 0.265 e. The first-order chi connectivity index (χ1) is 11.2. The van der Waals surface area contributed by atoms with Gasteiger partial charge in [0, 0.05) is 12.6 Å². The molecule has 1 aromatic rings. The van der Waals surface area contributed by atoms with Gasteiger partial charge in [0.1, 0.15) is 12.4 Å². The van der Waals surface area contributed by atoms with Crippen LogP contribution in [0, 0.1) is 5.41 Å². The SMILES string of the molecule is C=N.CC.CCC/C(=C\NC)COc1cccc(C(=O)NN)c1.